The summed E-state index contributed by atoms with van der Waals surface area (Å²) in [6, 6.07) is 9.58. The molecule has 0 atom stereocenters. The van der Waals surface area contributed by atoms with E-state index in [2.05, 4.69) is 10.3 Å². The zero-order valence-corrected chi connectivity index (χ0v) is 12.1. The Labute approximate surface area is 120 Å². The fraction of sp³-hybridized carbons (Fsp3) is 0.333. The number of methoxy groups -OCH3 is 1. The highest BCUT2D eigenvalue weighted by Crippen LogP contribution is 2.13. The molecule has 1 heterocycles. The second kappa shape index (κ2) is 8.87. The summed E-state index contributed by atoms with van der Waals surface area (Å²) in [4.78, 5) is 15.4. The van der Waals surface area contributed by atoms with Crippen molar-refractivity contribution < 1.29 is 15.7 Å². The highest BCUT2D eigenvalue weighted by Gasteiger charge is 2.02. The van der Waals surface area contributed by atoms with Crippen molar-refractivity contribution in [2.45, 2.75) is 20.5 Å². The van der Waals surface area contributed by atoms with Crippen molar-refractivity contribution in [1.29, 1.82) is 0 Å². The SMILES string of the molecule is CC.COCNC(=O)OCc1ccc2ncccc2c1.[HH]. The Balaban J connectivity index is 0.00000128. The van der Waals surface area contributed by atoms with Crippen molar-refractivity contribution in [3.05, 3.63) is 42.1 Å². The molecule has 2 rings (SSSR count). The molecule has 1 amide bonds. The smallest absolute Gasteiger partial charge is 0.409 e. The minimum Gasteiger partial charge on any atom is -0.445 e. The van der Waals surface area contributed by atoms with E-state index in [4.69, 9.17) is 9.47 Å². The summed E-state index contributed by atoms with van der Waals surface area (Å²) in [5, 5.41) is 3.47. The second-order valence-corrected chi connectivity index (χ2v) is 3.72. The van der Waals surface area contributed by atoms with Crippen molar-refractivity contribution >= 4 is 17.0 Å². The average molecular weight is 278 g/mol. The van der Waals surface area contributed by atoms with E-state index in [9.17, 15) is 4.79 Å². The van der Waals surface area contributed by atoms with Crippen LogP contribution in [0, 0.1) is 0 Å². The molecule has 0 aliphatic heterocycles. The van der Waals surface area contributed by atoms with Gasteiger partial charge in [-0.25, -0.2) is 4.79 Å². The molecular formula is C15H22N2O3. The lowest BCUT2D eigenvalue weighted by Gasteiger charge is -2.06. The van der Waals surface area contributed by atoms with E-state index in [-0.39, 0.29) is 14.8 Å². The minimum atomic E-state index is -0.497. The van der Waals surface area contributed by atoms with E-state index in [0.29, 0.717) is 0 Å². The number of carbonyl (C=O) groups is 1. The van der Waals surface area contributed by atoms with Crippen LogP contribution in [0.1, 0.15) is 20.8 Å². The number of carbonyl (C=O) groups excluding carboxylic acids is 1. The van der Waals surface area contributed by atoms with Crippen LogP contribution in [0.4, 0.5) is 4.79 Å². The molecule has 0 spiro atoms. The molecule has 0 saturated heterocycles. The molecule has 0 aliphatic rings. The lowest BCUT2D eigenvalue weighted by atomic mass is 10.1. The zero-order chi connectivity index (χ0) is 14.8. The third kappa shape index (κ3) is 4.85. The molecule has 0 bridgehead atoms. The third-order valence-corrected chi connectivity index (χ3v) is 2.40. The number of hydrogen-bond acceptors (Lipinski definition) is 4. The average Bonchev–Trinajstić information content (AvgIpc) is 2.52. The van der Waals surface area contributed by atoms with Crippen LogP contribution < -0.4 is 5.32 Å². The highest BCUT2D eigenvalue weighted by molar-refractivity contribution is 5.78. The number of nitrogens with one attached hydrogen (secondary N) is 1. The maximum atomic E-state index is 11.2. The lowest BCUT2D eigenvalue weighted by molar-refractivity contribution is 0.115. The molecule has 0 radical (unpaired) electrons. The summed E-state index contributed by atoms with van der Waals surface area (Å²) >= 11 is 0. The molecule has 1 aromatic heterocycles. The molecule has 0 saturated carbocycles. The molecule has 2 aromatic rings. The molecule has 0 aliphatic carbocycles. The Morgan fingerprint density at radius 2 is 2.15 bits per heavy atom. The van der Waals surface area contributed by atoms with Gasteiger partial charge in [-0.3, -0.25) is 10.3 Å². The van der Waals surface area contributed by atoms with Gasteiger partial charge in [0.05, 0.1) is 5.52 Å². The summed E-state index contributed by atoms with van der Waals surface area (Å²) in [6.45, 7) is 4.36. The first-order valence-electron chi connectivity index (χ1n) is 6.53. The molecule has 5 nitrogen and oxygen atoms in total. The molecular weight excluding hydrogens is 256 g/mol. The largest absolute Gasteiger partial charge is 0.445 e. The van der Waals surface area contributed by atoms with E-state index in [1.54, 1.807) is 6.20 Å². The lowest BCUT2D eigenvalue weighted by Crippen LogP contribution is -2.25. The molecule has 1 aromatic carbocycles. The number of aromatic nitrogens is 1. The van der Waals surface area contributed by atoms with Gasteiger partial charge < -0.3 is 9.47 Å². The van der Waals surface area contributed by atoms with Crippen LogP contribution in [0.2, 0.25) is 0 Å². The maximum Gasteiger partial charge on any atom is 0.409 e. The summed E-state index contributed by atoms with van der Waals surface area (Å²) in [5.41, 5.74) is 1.84. The molecule has 0 fully saturated rings. The Morgan fingerprint density at radius 3 is 2.90 bits per heavy atom. The van der Waals surface area contributed by atoms with Crippen molar-refractivity contribution in [1.82, 2.24) is 10.3 Å². The number of benzene rings is 1. The summed E-state index contributed by atoms with van der Waals surface area (Å²) in [5.74, 6) is 0. The van der Waals surface area contributed by atoms with Crippen molar-refractivity contribution in [2.75, 3.05) is 13.8 Å². The van der Waals surface area contributed by atoms with E-state index < -0.39 is 6.09 Å². The summed E-state index contributed by atoms with van der Waals surface area (Å²) < 4.78 is 9.73. The first-order chi connectivity index (χ1) is 9.79. The van der Waals surface area contributed by atoms with Crippen LogP contribution in [-0.2, 0) is 16.1 Å². The first kappa shape index (κ1) is 15.9. The number of fused-ring (bicyclic) bond motifs is 1. The Hall–Kier alpha value is -2.14. The maximum absolute atomic E-state index is 11.2. The molecule has 20 heavy (non-hydrogen) atoms. The molecule has 5 heteroatoms. The molecule has 110 valence electrons. The van der Waals surface area contributed by atoms with Gasteiger partial charge >= 0.3 is 6.09 Å². The van der Waals surface area contributed by atoms with Gasteiger partial charge in [0.15, 0.2) is 0 Å². The van der Waals surface area contributed by atoms with Crippen LogP contribution in [-0.4, -0.2) is 24.9 Å². The quantitative estimate of drug-likeness (QED) is 0.871. The number of ether oxygens (including phenoxy) is 2. The monoisotopic (exact) mass is 278 g/mol. The standard InChI is InChI=1S/C13H14N2O3.C2H6.H2/c1-17-9-15-13(16)18-8-10-4-5-12-11(7-10)3-2-6-14-12;1-2;/h2-7H,8-9H2,1H3,(H,15,16);1-2H3;1H. The topological polar surface area (TPSA) is 60.5 Å². The number of alkyl carbamates (subject to hydrolysis) is 1. The third-order valence-electron chi connectivity index (χ3n) is 2.40. The van der Waals surface area contributed by atoms with E-state index in [1.807, 2.05) is 44.2 Å². The zero-order valence-electron chi connectivity index (χ0n) is 12.1. The van der Waals surface area contributed by atoms with Gasteiger partial charge in [0.1, 0.15) is 13.3 Å². The Kier molecular flexibility index (Phi) is 7.06. The predicted octanol–water partition coefficient (Wildman–Crippen LogP) is 3.34. The van der Waals surface area contributed by atoms with E-state index in [0.717, 1.165) is 16.5 Å². The van der Waals surface area contributed by atoms with Crippen molar-refractivity contribution in [2.24, 2.45) is 0 Å². The van der Waals surface area contributed by atoms with Crippen LogP contribution in [0.15, 0.2) is 36.5 Å². The summed E-state index contributed by atoms with van der Waals surface area (Å²) in [7, 11) is 1.50. The normalized spacial score (nSPS) is 9.55. The van der Waals surface area contributed by atoms with Gasteiger partial charge in [0.25, 0.3) is 0 Å². The van der Waals surface area contributed by atoms with Gasteiger partial charge in [-0.2, -0.15) is 0 Å². The summed E-state index contributed by atoms with van der Waals surface area (Å²) in [6.07, 6.45) is 1.25. The van der Waals surface area contributed by atoms with Gasteiger partial charge in [0, 0.05) is 20.1 Å². The van der Waals surface area contributed by atoms with Gasteiger partial charge in [-0.05, 0) is 23.8 Å². The van der Waals surface area contributed by atoms with Gasteiger partial charge in [-0.15, -0.1) is 0 Å². The number of pyridine rings is 1. The first-order valence-corrected chi connectivity index (χ1v) is 6.53. The van der Waals surface area contributed by atoms with Crippen LogP contribution in [0.3, 0.4) is 0 Å². The number of rotatable bonds is 4. The number of hydrogen-bond donors (Lipinski definition) is 1. The highest BCUT2D eigenvalue weighted by atomic mass is 16.6. The minimum absolute atomic E-state index is 0. The van der Waals surface area contributed by atoms with Crippen LogP contribution in [0.5, 0.6) is 0 Å². The van der Waals surface area contributed by atoms with E-state index in [1.165, 1.54) is 7.11 Å². The van der Waals surface area contributed by atoms with Gasteiger partial charge in [0.2, 0.25) is 0 Å². The van der Waals surface area contributed by atoms with Crippen molar-refractivity contribution in [3.8, 4) is 0 Å². The van der Waals surface area contributed by atoms with Crippen LogP contribution in [0.25, 0.3) is 10.9 Å². The fourth-order valence-corrected chi connectivity index (χ4v) is 1.55. The Morgan fingerprint density at radius 1 is 1.35 bits per heavy atom. The van der Waals surface area contributed by atoms with Crippen molar-refractivity contribution in [3.63, 3.8) is 0 Å². The fourth-order valence-electron chi connectivity index (χ4n) is 1.55. The predicted molar refractivity (Wildman–Crippen MR) is 80.4 cm³/mol. The van der Waals surface area contributed by atoms with Crippen LogP contribution >= 0.6 is 0 Å². The molecule has 0 unspecified atom stereocenters. The number of amides is 1. The second-order valence-electron chi connectivity index (χ2n) is 3.72. The molecule has 1 N–H and O–H groups in total. The Bertz CT molecular complexity index is 549. The van der Waals surface area contributed by atoms with E-state index >= 15 is 0 Å². The van der Waals surface area contributed by atoms with Gasteiger partial charge in [-0.1, -0.05) is 26.0 Å². The number of nitrogens with zero attached hydrogens (tertiary/aromatic N) is 1.